The minimum Gasteiger partial charge on any atom is -0.461 e. The molecule has 0 radical (unpaired) electrons. The maximum absolute atomic E-state index is 5.88. The molecule has 1 aromatic rings. The third-order valence-corrected chi connectivity index (χ3v) is 1.92. The molecule has 0 fully saturated rings. The largest absolute Gasteiger partial charge is 0.461 e. The lowest BCUT2D eigenvalue weighted by molar-refractivity contribution is 0.203. The second kappa shape index (κ2) is 3.69. The summed E-state index contributed by atoms with van der Waals surface area (Å²) in [6, 6.07) is 0.394. The Bertz CT molecular complexity index is 270. The minimum absolute atomic E-state index is 0.327. The standard InChI is InChI=1S/C7H15N5O/c1-4-7(2,8)5-13-6-9-10-11-12(6)3/h4-5,8H2,1-3H3. The van der Waals surface area contributed by atoms with Crippen molar-refractivity contribution in [1.29, 1.82) is 0 Å². The van der Waals surface area contributed by atoms with Crippen molar-refractivity contribution in [2.24, 2.45) is 12.8 Å². The normalized spacial score (nSPS) is 15.4. The third-order valence-electron chi connectivity index (χ3n) is 1.92. The topological polar surface area (TPSA) is 78.8 Å². The van der Waals surface area contributed by atoms with E-state index in [0.717, 1.165) is 6.42 Å². The first-order valence-corrected chi connectivity index (χ1v) is 4.19. The van der Waals surface area contributed by atoms with Gasteiger partial charge in [0.1, 0.15) is 6.61 Å². The summed E-state index contributed by atoms with van der Waals surface area (Å²) in [5.41, 5.74) is 5.55. The Labute approximate surface area is 77.1 Å². The number of ether oxygens (including phenoxy) is 1. The molecule has 0 aliphatic heterocycles. The first-order valence-electron chi connectivity index (χ1n) is 4.19. The highest BCUT2D eigenvalue weighted by molar-refractivity contribution is 4.88. The third kappa shape index (κ3) is 2.66. The summed E-state index contributed by atoms with van der Waals surface area (Å²) in [4.78, 5) is 0. The molecule has 0 aliphatic rings. The maximum Gasteiger partial charge on any atom is 0.335 e. The zero-order valence-corrected chi connectivity index (χ0v) is 8.19. The average Bonchev–Trinajstić information content (AvgIpc) is 2.48. The van der Waals surface area contributed by atoms with E-state index in [1.54, 1.807) is 7.05 Å². The van der Waals surface area contributed by atoms with Crippen LogP contribution in [0.2, 0.25) is 0 Å². The summed E-state index contributed by atoms with van der Waals surface area (Å²) in [7, 11) is 1.72. The van der Waals surface area contributed by atoms with E-state index in [9.17, 15) is 0 Å². The molecule has 1 rings (SSSR count). The van der Waals surface area contributed by atoms with E-state index in [2.05, 4.69) is 15.5 Å². The highest BCUT2D eigenvalue weighted by Crippen LogP contribution is 2.07. The summed E-state index contributed by atoms with van der Waals surface area (Å²) in [6.07, 6.45) is 0.846. The molecule has 0 saturated heterocycles. The van der Waals surface area contributed by atoms with Crippen LogP contribution in [0.3, 0.4) is 0 Å². The van der Waals surface area contributed by atoms with Crippen molar-refractivity contribution in [3.63, 3.8) is 0 Å². The highest BCUT2D eigenvalue weighted by Gasteiger charge is 2.17. The summed E-state index contributed by atoms with van der Waals surface area (Å²) < 4.78 is 6.80. The quantitative estimate of drug-likeness (QED) is 0.697. The summed E-state index contributed by atoms with van der Waals surface area (Å²) in [6.45, 7) is 4.35. The number of tetrazole rings is 1. The van der Waals surface area contributed by atoms with Gasteiger partial charge in [-0.15, -0.1) is 0 Å². The molecular weight excluding hydrogens is 170 g/mol. The molecular formula is C7H15N5O. The first kappa shape index (κ1) is 9.91. The van der Waals surface area contributed by atoms with Crippen LogP contribution in [0, 0.1) is 0 Å². The fraction of sp³-hybridized carbons (Fsp3) is 0.857. The van der Waals surface area contributed by atoms with Crippen LogP contribution in [-0.2, 0) is 7.05 Å². The summed E-state index contributed by atoms with van der Waals surface area (Å²) >= 11 is 0. The Hall–Kier alpha value is -1.17. The second-order valence-electron chi connectivity index (χ2n) is 3.38. The Kier molecular flexibility index (Phi) is 2.82. The molecule has 0 aliphatic carbocycles. The molecule has 1 atom stereocenters. The van der Waals surface area contributed by atoms with E-state index in [1.807, 2.05) is 13.8 Å². The fourth-order valence-electron chi connectivity index (χ4n) is 0.675. The molecule has 0 aromatic carbocycles. The smallest absolute Gasteiger partial charge is 0.335 e. The van der Waals surface area contributed by atoms with Gasteiger partial charge < -0.3 is 10.5 Å². The predicted molar refractivity (Wildman–Crippen MR) is 47.2 cm³/mol. The first-order chi connectivity index (χ1) is 6.05. The van der Waals surface area contributed by atoms with Crippen molar-refractivity contribution in [3.05, 3.63) is 0 Å². The van der Waals surface area contributed by atoms with Gasteiger partial charge in [-0.1, -0.05) is 12.0 Å². The SMILES string of the molecule is CCC(C)(N)COc1nnnn1C. The zero-order valence-electron chi connectivity index (χ0n) is 8.19. The predicted octanol–water partition coefficient (Wildman–Crippen LogP) is -0.284. The number of aromatic nitrogens is 4. The Morgan fingerprint density at radius 3 is 2.77 bits per heavy atom. The van der Waals surface area contributed by atoms with Crippen molar-refractivity contribution < 1.29 is 4.74 Å². The molecule has 13 heavy (non-hydrogen) atoms. The average molecular weight is 185 g/mol. The Morgan fingerprint density at radius 2 is 2.31 bits per heavy atom. The molecule has 0 spiro atoms. The van der Waals surface area contributed by atoms with Crippen molar-refractivity contribution in [1.82, 2.24) is 20.2 Å². The van der Waals surface area contributed by atoms with Crippen LogP contribution in [0.4, 0.5) is 0 Å². The van der Waals surface area contributed by atoms with Crippen molar-refractivity contribution in [2.75, 3.05) is 6.61 Å². The molecule has 1 unspecified atom stereocenters. The zero-order chi connectivity index (χ0) is 9.90. The van der Waals surface area contributed by atoms with E-state index in [1.165, 1.54) is 4.68 Å². The van der Waals surface area contributed by atoms with Crippen LogP contribution in [0.25, 0.3) is 0 Å². The van der Waals surface area contributed by atoms with E-state index < -0.39 is 0 Å². The van der Waals surface area contributed by atoms with Crippen molar-refractivity contribution in [3.8, 4) is 6.01 Å². The van der Waals surface area contributed by atoms with Gasteiger partial charge in [0, 0.05) is 12.6 Å². The van der Waals surface area contributed by atoms with Crippen LogP contribution in [0.15, 0.2) is 0 Å². The number of aryl methyl sites for hydroxylation is 1. The molecule has 2 N–H and O–H groups in total. The molecule has 0 amide bonds. The van der Waals surface area contributed by atoms with Gasteiger partial charge in [0.05, 0.1) is 0 Å². The summed E-state index contributed by atoms with van der Waals surface area (Å²) in [5.74, 6) is 0. The van der Waals surface area contributed by atoms with Gasteiger partial charge in [0.15, 0.2) is 0 Å². The molecule has 74 valence electrons. The highest BCUT2D eigenvalue weighted by atomic mass is 16.5. The number of hydrogen-bond donors (Lipinski definition) is 1. The van der Waals surface area contributed by atoms with Crippen molar-refractivity contribution in [2.45, 2.75) is 25.8 Å². The van der Waals surface area contributed by atoms with Gasteiger partial charge in [-0.2, -0.15) is 4.68 Å². The lowest BCUT2D eigenvalue weighted by Gasteiger charge is -2.21. The van der Waals surface area contributed by atoms with Crippen LogP contribution < -0.4 is 10.5 Å². The second-order valence-corrected chi connectivity index (χ2v) is 3.38. The maximum atomic E-state index is 5.88. The summed E-state index contributed by atoms with van der Waals surface area (Å²) in [5, 5.41) is 10.8. The minimum atomic E-state index is -0.327. The fourth-order valence-corrected chi connectivity index (χ4v) is 0.675. The monoisotopic (exact) mass is 185 g/mol. The molecule has 1 aromatic heterocycles. The van der Waals surface area contributed by atoms with Gasteiger partial charge in [-0.3, -0.25) is 0 Å². The van der Waals surface area contributed by atoms with Gasteiger partial charge in [0.25, 0.3) is 0 Å². The van der Waals surface area contributed by atoms with Crippen LogP contribution in [0.1, 0.15) is 20.3 Å². The van der Waals surface area contributed by atoms with Crippen LogP contribution >= 0.6 is 0 Å². The number of rotatable bonds is 4. The lowest BCUT2D eigenvalue weighted by atomic mass is 10.0. The van der Waals surface area contributed by atoms with Gasteiger partial charge >= 0.3 is 6.01 Å². The molecule has 1 heterocycles. The van der Waals surface area contributed by atoms with E-state index in [4.69, 9.17) is 10.5 Å². The van der Waals surface area contributed by atoms with Gasteiger partial charge in [-0.25, -0.2) is 0 Å². The molecule has 0 saturated carbocycles. The Morgan fingerprint density at radius 1 is 1.62 bits per heavy atom. The molecule has 6 heteroatoms. The van der Waals surface area contributed by atoms with Crippen molar-refractivity contribution >= 4 is 0 Å². The molecule has 0 bridgehead atoms. The lowest BCUT2D eigenvalue weighted by Crippen LogP contribution is -2.41. The number of hydrogen-bond acceptors (Lipinski definition) is 5. The van der Waals surface area contributed by atoms with E-state index >= 15 is 0 Å². The Balaban J connectivity index is 2.48. The van der Waals surface area contributed by atoms with E-state index in [-0.39, 0.29) is 5.54 Å². The van der Waals surface area contributed by atoms with Crippen LogP contribution in [-0.4, -0.2) is 32.4 Å². The number of nitrogens with two attached hydrogens (primary N) is 1. The number of nitrogens with zero attached hydrogens (tertiary/aromatic N) is 4. The van der Waals surface area contributed by atoms with Crippen LogP contribution in [0.5, 0.6) is 6.01 Å². The van der Waals surface area contributed by atoms with Gasteiger partial charge in [-0.05, 0) is 23.8 Å². The van der Waals surface area contributed by atoms with Gasteiger partial charge in [0.2, 0.25) is 0 Å². The van der Waals surface area contributed by atoms with E-state index in [0.29, 0.717) is 12.6 Å². The molecule has 6 nitrogen and oxygen atoms in total.